The molecule has 0 fully saturated rings. The van der Waals surface area contributed by atoms with Gasteiger partial charge in [-0.25, -0.2) is 13.1 Å². The second-order valence-electron chi connectivity index (χ2n) is 4.33. The highest BCUT2D eigenvalue weighted by atomic mass is 35.5. The summed E-state index contributed by atoms with van der Waals surface area (Å²) in [5.74, 6) is -0.0692. The van der Waals surface area contributed by atoms with Crippen LogP contribution in [0.3, 0.4) is 0 Å². The van der Waals surface area contributed by atoms with Gasteiger partial charge in [0, 0.05) is 25.2 Å². The summed E-state index contributed by atoms with van der Waals surface area (Å²) in [5, 5.41) is 0. The zero-order chi connectivity index (χ0) is 14.0. The number of amides is 1. The molecule has 1 aromatic carbocycles. The van der Waals surface area contributed by atoms with Gasteiger partial charge in [0.25, 0.3) is 0 Å². The number of anilines is 1. The Morgan fingerprint density at radius 3 is 2.75 bits per heavy atom. The minimum atomic E-state index is -3.49. The average Bonchev–Trinajstić information content (AvgIpc) is 2.81. The molecule has 8 heteroatoms. The number of carbonyl (C=O) groups excluding carboxylic acids is 1. The molecule has 1 amide bonds. The van der Waals surface area contributed by atoms with Crippen molar-refractivity contribution in [1.29, 1.82) is 0 Å². The molecule has 0 aromatic heterocycles. The van der Waals surface area contributed by atoms with Crippen molar-refractivity contribution in [3.05, 3.63) is 23.8 Å². The van der Waals surface area contributed by atoms with E-state index in [1.807, 2.05) is 0 Å². The molecule has 0 atom stereocenters. The lowest BCUT2D eigenvalue weighted by atomic mass is 10.2. The topological polar surface area (TPSA) is 92.5 Å². The Kier molecular flexibility index (Phi) is 5.52. The van der Waals surface area contributed by atoms with E-state index in [4.69, 9.17) is 5.73 Å². The Labute approximate surface area is 124 Å². The van der Waals surface area contributed by atoms with Crippen LogP contribution in [0.5, 0.6) is 0 Å². The molecule has 0 aliphatic carbocycles. The molecule has 0 bridgehead atoms. The van der Waals surface area contributed by atoms with Gasteiger partial charge in [-0.05, 0) is 31.2 Å². The predicted molar refractivity (Wildman–Crippen MR) is 79.7 cm³/mol. The van der Waals surface area contributed by atoms with Crippen LogP contribution >= 0.6 is 12.4 Å². The van der Waals surface area contributed by atoms with Gasteiger partial charge in [-0.1, -0.05) is 6.07 Å². The molecule has 3 N–H and O–H groups in total. The molecule has 1 aliphatic heterocycles. The van der Waals surface area contributed by atoms with Gasteiger partial charge in [-0.15, -0.1) is 12.4 Å². The van der Waals surface area contributed by atoms with Gasteiger partial charge in [0.15, 0.2) is 0 Å². The fraction of sp³-hybridized carbons (Fsp3) is 0.417. The summed E-state index contributed by atoms with van der Waals surface area (Å²) in [5.41, 5.74) is 7.05. The highest BCUT2D eigenvalue weighted by molar-refractivity contribution is 7.89. The number of nitrogens with two attached hydrogens (primary N) is 1. The third-order valence-electron chi connectivity index (χ3n) is 3.19. The number of rotatable bonds is 4. The number of nitrogens with one attached hydrogen (secondary N) is 1. The molecule has 112 valence electrons. The predicted octanol–water partition coefficient (Wildman–Crippen LogP) is 0.254. The summed E-state index contributed by atoms with van der Waals surface area (Å²) in [6.45, 7) is 0.871. The van der Waals surface area contributed by atoms with E-state index in [9.17, 15) is 13.2 Å². The lowest BCUT2D eigenvalue weighted by Crippen LogP contribution is -2.30. The smallest absolute Gasteiger partial charge is 0.240 e. The first-order chi connectivity index (χ1) is 8.99. The van der Waals surface area contributed by atoms with Gasteiger partial charge >= 0.3 is 0 Å². The molecule has 1 aliphatic rings. The van der Waals surface area contributed by atoms with Crippen LogP contribution in [0.1, 0.15) is 12.0 Å². The minimum absolute atomic E-state index is 0. The maximum absolute atomic E-state index is 11.9. The molecular formula is C12H18ClN3O3S. The highest BCUT2D eigenvalue weighted by Crippen LogP contribution is 2.30. The zero-order valence-electron chi connectivity index (χ0n) is 11.1. The maximum Gasteiger partial charge on any atom is 0.240 e. The van der Waals surface area contributed by atoms with Crippen molar-refractivity contribution >= 4 is 34.0 Å². The van der Waals surface area contributed by atoms with Crippen LogP contribution in [-0.2, 0) is 21.2 Å². The molecule has 20 heavy (non-hydrogen) atoms. The fourth-order valence-electron chi connectivity index (χ4n) is 2.16. The average molecular weight is 320 g/mol. The first kappa shape index (κ1) is 16.9. The van der Waals surface area contributed by atoms with Gasteiger partial charge in [0.05, 0.1) is 4.90 Å². The van der Waals surface area contributed by atoms with E-state index < -0.39 is 10.0 Å². The van der Waals surface area contributed by atoms with Crippen molar-refractivity contribution in [3.63, 3.8) is 0 Å². The summed E-state index contributed by atoms with van der Waals surface area (Å²) >= 11 is 0. The molecule has 0 spiro atoms. The molecular weight excluding hydrogens is 302 g/mol. The van der Waals surface area contributed by atoms with Gasteiger partial charge in [0.2, 0.25) is 15.9 Å². The third-order valence-corrected chi connectivity index (χ3v) is 4.60. The van der Waals surface area contributed by atoms with Gasteiger partial charge in [-0.3, -0.25) is 4.79 Å². The number of hydrogen-bond acceptors (Lipinski definition) is 4. The number of benzene rings is 1. The van der Waals surface area contributed by atoms with Crippen LogP contribution < -0.4 is 15.4 Å². The maximum atomic E-state index is 11.9. The van der Waals surface area contributed by atoms with Crippen LogP contribution in [-0.4, -0.2) is 34.5 Å². The SMILES string of the molecule is CNS(=O)(=O)c1ccc2c(c1)N(C(=O)CCN)CC2.Cl. The Bertz CT molecular complexity index is 604. The Morgan fingerprint density at radius 1 is 1.45 bits per heavy atom. The molecule has 1 heterocycles. The van der Waals surface area contributed by atoms with Gasteiger partial charge in [0.1, 0.15) is 0 Å². The van der Waals surface area contributed by atoms with Crippen molar-refractivity contribution in [2.75, 3.05) is 25.0 Å². The van der Waals surface area contributed by atoms with E-state index in [-0.39, 0.29) is 29.6 Å². The van der Waals surface area contributed by atoms with Gasteiger partial charge in [-0.2, -0.15) is 0 Å². The highest BCUT2D eigenvalue weighted by Gasteiger charge is 2.26. The normalized spacial score (nSPS) is 13.8. The van der Waals surface area contributed by atoms with Crippen molar-refractivity contribution in [2.24, 2.45) is 5.73 Å². The molecule has 0 saturated carbocycles. The zero-order valence-corrected chi connectivity index (χ0v) is 12.8. The molecule has 0 unspecified atom stereocenters. The molecule has 6 nitrogen and oxygen atoms in total. The lowest BCUT2D eigenvalue weighted by molar-refractivity contribution is -0.118. The number of carbonyl (C=O) groups is 1. The Morgan fingerprint density at radius 2 is 2.15 bits per heavy atom. The van der Waals surface area contributed by atoms with Crippen LogP contribution in [0.25, 0.3) is 0 Å². The van der Waals surface area contributed by atoms with E-state index >= 15 is 0 Å². The molecule has 2 rings (SSSR count). The van der Waals surface area contributed by atoms with Crippen molar-refractivity contribution in [2.45, 2.75) is 17.7 Å². The minimum Gasteiger partial charge on any atom is -0.330 e. The first-order valence-electron chi connectivity index (χ1n) is 6.06. The molecule has 1 aromatic rings. The largest absolute Gasteiger partial charge is 0.330 e. The summed E-state index contributed by atoms with van der Waals surface area (Å²) in [4.78, 5) is 13.7. The first-order valence-corrected chi connectivity index (χ1v) is 7.55. The van der Waals surface area contributed by atoms with Crippen LogP contribution in [0, 0.1) is 0 Å². The quantitative estimate of drug-likeness (QED) is 0.832. The lowest BCUT2D eigenvalue weighted by Gasteiger charge is -2.17. The number of fused-ring (bicyclic) bond motifs is 1. The second-order valence-corrected chi connectivity index (χ2v) is 6.22. The Hall–Kier alpha value is -1.15. The summed E-state index contributed by atoms with van der Waals surface area (Å²) in [7, 11) is -2.13. The Balaban J connectivity index is 0.00000200. The van der Waals surface area contributed by atoms with E-state index in [2.05, 4.69) is 4.72 Å². The third kappa shape index (κ3) is 3.12. The van der Waals surface area contributed by atoms with E-state index in [0.717, 1.165) is 12.0 Å². The van der Waals surface area contributed by atoms with Crippen LogP contribution in [0.2, 0.25) is 0 Å². The standard InChI is InChI=1S/C12H17N3O3S.ClH/c1-14-19(17,18)10-3-2-9-5-7-15(11(9)8-10)12(16)4-6-13;/h2-3,8,14H,4-7,13H2,1H3;1H. The number of hydrogen-bond donors (Lipinski definition) is 2. The number of halogens is 1. The monoisotopic (exact) mass is 319 g/mol. The fourth-order valence-corrected chi connectivity index (χ4v) is 2.91. The van der Waals surface area contributed by atoms with E-state index in [1.165, 1.54) is 7.05 Å². The van der Waals surface area contributed by atoms with Crippen molar-refractivity contribution in [1.82, 2.24) is 4.72 Å². The van der Waals surface area contributed by atoms with E-state index in [1.54, 1.807) is 23.1 Å². The van der Waals surface area contributed by atoms with Crippen molar-refractivity contribution in [3.8, 4) is 0 Å². The molecule has 0 saturated heterocycles. The summed E-state index contributed by atoms with van der Waals surface area (Å²) < 4.78 is 25.8. The second kappa shape index (κ2) is 6.53. The number of nitrogens with zero attached hydrogens (tertiary/aromatic N) is 1. The van der Waals surface area contributed by atoms with E-state index in [0.29, 0.717) is 18.8 Å². The summed E-state index contributed by atoms with van der Waals surface area (Å²) in [6, 6.07) is 4.86. The number of sulfonamides is 1. The van der Waals surface area contributed by atoms with Crippen LogP contribution in [0.15, 0.2) is 23.1 Å². The molecule has 0 radical (unpaired) electrons. The van der Waals surface area contributed by atoms with Gasteiger partial charge < -0.3 is 10.6 Å². The van der Waals surface area contributed by atoms with Crippen LogP contribution in [0.4, 0.5) is 5.69 Å². The van der Waals surface area contributed by atoms with Crippen molar-refractivity contribution < 1.29 is 13.2 Å². The summed E-state index contributed by atoms with van der Waals surface area (Å²) in [6.07, 6.45) is 1.01.